The third-order valence-corrected chi connectivity index (χ3v) is 5.09. The number of carbonyl (C=O) groups excluding carboxylic acids is 1. The summed E-state index contributed by atoms with van der Waals surface area (Å²) in [6, 6.07) is 0.523. The summed E-state index contributed by atoms with van der Waals surface area (Å²) in [4.78, 5) is 11.6. The predicted octanol–water partition coefficient (Wildman–Crippen LogP) is 2.54. The lowest BCUT2D eigenvalue weighted by atomic mass is 9.95. The standard InChI is InChI=1S/C14H28N2OS/c1-4-11(2)10-18-9-5-8-14(3,13(15)17)16-12-6-7-12/h11-12,16H,4-10H2,1-3H3,(H2,15,17). The van der Waals surface area contributed by atoms with Crippen LogP contribution >= 0.6 is 11.8 Å². The lowest BCUT2D eigenvalue weighted by Crippen LogP contribution is -2.54. The van der Waals surface area contributed by atoms with Crippen molar-refractivity contribution in [3.8, 4) is 0 Å². The number of hydrogen-bond acceptors (Lipinski definition) is 3. The zero-order chi connectivity index (χ0) is 13.6. The highest BCUT2D eigenvalue weighted by Gasteiger charge is 2.36. The van der Waals surface area contributed by atoms with E-state index in [0.29, 0.717) is 6.04 Å². The summed E-state index contributed by atoms with van der Waals surface area (Å²) in [5.41, 5.74) is 5.02. The van der Waals surface area contributed by atoms with Crippen molar-refractivity contribution in [3.63, 3.8) is 0 Å². The molecule has 0 bridgehead atoms. The quantitative estimate of drug-likeness (QED) is 0.601. The fourth-order valence-electron chi connectivity index (χ4n) is 1.87. The third kappa shape index (κ3) is 5.61. The molecular formula is C14H28N2OS. The number of carbonyl (C=O) groups is 1. The van der Waals surface area contributed by atoms with Crippen molar-refractivity contribution < 1.29 is 4.79 Å². The van der Waals surface area contributed by atoms with Gasteiger partial charge in [-0.25, -0.2) is 0 Å². The van der Waals surface area contributed by atoms with Crippen LogP contribution < -0.4 is 11.1 Å². The van der Waals surface area contributed by atoms with Crippen molar-refractivity contribution >= 4 is 17.7 Å². The molecule has 1 aliphatic rings. The molecule has 1 saturated carbocycles. The van der Waals surface area contributed by atoms with Crippen molar-refractivity contribution in [1.29, 1.82) is 0 Å². The van der Waals surface area contributed by atoms with E-state index in [9.17, 15) is 4.79 Å². The average molecular weight is 272 g/mol. The molecule has 2 atom stereocenters. The number of rotatable bonds is 10. The minimum Gasteiger partial charge on any atom is -0.368 e. The topological polar surface area (TPSA) is 55.1 Å². The zero-order valence-electron chi connectivity index (χ0n) is 12.0. The normalized spacial score (nSPS) is 20.4. The van der Waals surface area contributed by atoms with E-state index in [1.165, 1.54) is 25.0 Å². The average Bonchev–Trinajstić information content (AvgIpc) is 3.11. The second-order valence-corrected chi connectivity index (χ2v) is 6.96. The maximum atomic E-state index is 11.6. The minimum atomic E-state index is -0.502. The first-order valence-corrected chi connectivity index (χ1v) is 8.28. The summed E-state index contributed by atoms with van der Waals surface area (Å²) in [5, 5.41) is 3.39. The predicted molar refractivity (Wildman–Crippen MR) is 79.8 cm³/mol. The number of nitrogens with two attached hydrogens (primary N) is 1. The van der Waals surface area contributed by atoms with Crippen molar-refractivity contribution in [2.24, 2.45) is 11.7 Å². The Kier molecular flexibility index (Phi) is 6.50. The molecule has 106 valence electrons. The Labute approximate surface area is 116 Å². The Morgan fingerprint density at radius 3 is 2.72 bits per heavy atom. The van der Waals surface area contributed by atoms with E-state index in [0.717, 1.165) is 24.5 Å². The summed E-state index contributed by atoms with van der Waals surface area (Å²) in [7, 11) is 0. The van der Waals surface area contributed by atoms with E-state index in [1.807, 2.05) is 18.7 Å². The molecule has 0 saturated heterocycles. The van der Waals surface area contributed by atoms with Crippen LogP contribution in [0.1, 0.15) is 52.9 Å². The molecule has 0 aromatic carbocycles. The SMILES string of the molecule is CCC(C)CSCCCC(C)(NC1CC1)C(N)=O. The highest BCUT2D eigenvalue weighted by atomic mass is 32.2. The first-order valence-electron chi connectivity index (χ1n) is 7.13. The van der Waals surface area contributed by atoms with Crippen LogP contribution in [-0.4, -0.2) is 29.0 Å². The van der Waals surface area contributed by atoms with Gasteiger partial charge in [-0.05, 0) is 50.0 Å². The number of thioether (sulfide) groups is 1. The molecule has 18 heavy (non-hydrogen) atoms. The number of primary amides is 1. The molecule has 2 unspecified atom stereocenters. The highest BCUT2D eigenvalue weighted by molar-refractivity contribution is 7.99. The van der Waals surface area contributed by atoms with Crippen LogP contribution in [0.3, 0.4) is 0 Å². The molecular weight excluding hydrogens is 244 g/mol. The largest absolute Gasteiger partial charge is 0.368 e. The van der Waals surface area contributed by atoms with Gasteiger partial charge < -0.3 is 11.1 Å². The van der Waals surface area contributed by atoms with Gasteiger partial charge in [0.25, 0.3) is 0 Å². The van der Waals surface area contributed by atoms with E-state index in [-0.39, 0.29) is 5.91 Å². The molecule has 1 amide bonds. The minimum absolute atomic E-state index is 0.207. The lowest BCUT2D eigenvalue weighted by Gasteiger charge is -2.27. The molecule has 4 heteroatoms. The molecule has 0 aromatic heterocycles. The summed E-state index contributed by atoms with van der Waals surface area (Å²) >= 11 is 1.99. The molecule has 1 aliphatic carbocycles. The summed E-state index contributed by atoms with van der Waals surface area (Å²) in [6.07, 6.45) is 5.53. The molecule has 3 nitrogen and oxygen atoms in total. The highest BCUT2D eigenvalue weighted by Crippen LogP contribution is 2.25. The van der Waals surface area contributed by atoms with Crippen LogP contribution in [-0.2, 0) is 4.79 Å². The fourth-order valence-corrected chi connectivity index (χ4v) is 3.03. The van der Waals surface area contributed by atoms with Gasteiger partial charge in [0, 0.05) is 6.04 Å². The van der Waals surface area contributed by atoms with Gasteiger partial charge in [0.15, 0.2) is 0 Å². The van der Waals surface area contributed by atoms with Gasteiger partial charge in [0.2, 0.25) is 5.91 Å². The van der Waals surface area contributed by atoms with Gasteiger partial charge in [0.05, 0.1) is 5.54 Å². The summed E-state index contributed by atoms with van der Waals surface area (Å²) < 4.78 is 0. The fraction of sp³-hybridized carbons (Fsp3) is 0.929. The van der Waals surface area contributed by atoms with Gasteiger partial charge in [0.1, 0.15) is 0 Å². The lowest BCUT2D eigenvalue weighted by molar-refractivity contribution is -0.124. The van der Waals surface area contributed by atoms with Crippen LogP contribution in [0.15, 0.2) is 0 Å². The van der Waals surface area contributed by atoms with Gasteiger partial charge in [-0.3, -0.25) is 4.79 Å². The smallest absolute Gasteiger partial charge is 0.237 e. The monoisotopic (exact) mass is 272 g/mol. The molecule has 0 heterocycles. The molecule has 1 fully saturated rings. The van der Waals surface area contributed by atoms with Crippen LogP contribution in [0.2, 0.25) is 0 Å². The zero-order valence-corrected chi connectivity index (χ0v) is 12.8. The molecule has 0 aliphatic heterocycles. The van der Waals surface area contributed by atoms with Gasteiger partial charge >= 0.3 is 0 Å². The summed E-state index contributed by atoms with van der Waals surface area (Å²) in [5.74, 6) is 2.93. The Balaban J connectivity index is 2.19. The molecule has 0 radical (unpaired) electrons. The van der Waals surface area contributed by atoms with Crippen molar-refractivity contribution in [2.75, 3.05) is 11.5 Å². The molecule has 0 aromatic rings. The van der Waals surface area contributed by atoms with Crippen molar-refractivity contribution in [2.45, 2.75) is 64.5 Å². The van der Waals surface area contributed by atoms with E-state index in [2.05, 4.69) is 19.2 Å². The molecule has 1 rings (SSSR count). The second-order valence-electron chi connectivity index (χ2n) is 5.81. The maximum Gasteiger partial charge on any atom is 0.237 e. The Hall–Kier alpha value is -0.220. The van der Waals surface area contributed by atoms with Gasteiger partial charge in [-0.1, -0.05) is 20.3 Å². The second kappa shape index (κ2) is 7.39. The van der Waals surface area contributed by atoms with Crippen LogP contribution in [0, 0.1) is 5.92 Å². The number of amides is 1. The Morgan fingerprint density at radius 2 is 2.22 bits per heavy atom. The van der Waals surface area contributed by atoms with Crippen molar-refractivity contribution in [3.05, 3.63) is 0 Å². The molecule has 3 N–H and O–H groups in total. The Bertz CT molecular complexity index is 269. The van der Waals surface area contributed by atoms with Gasteiger partial charge in [-0.2, -0.15) is 11.8 Å². The van der Waals surface area contributed by atoms with Crippen molar-refractivity contribution in [1.82, 2.24) is 5.32 Å². The van der Waals surface area contributed by atoms with E-state index in [1.54, 1.807) is 0 Å². The van der Waals surface area contributed by atoms with E-state index in [4.69, 9.17) is 5.73 Å². The first-order chi connectivity index (χ1) is 8.48. The van der Waals surface area contributed by atoms with Gasteiger partial charge in [-0.15, -0.1) is 0 Å². The van der Waals surface area contributed by atoms with Crippen LogP contribution in [0.25, 0.3) is 0 Å². The Morgan fingerprint density at radius 1 is 1.56 bits per heavy atom. The first kappa shape index (κ1) is 15.8. The number of nitrogens with one attached hydrogen (secondary N) is 1. The van der Waals surface area contributed by atoms with Crippen LogP contribution in [0.4, 0.5) is 0 Å². The molecule has 0 spiro atoms. The summed E-state index contributed by atoms with van der Waals surface area (Å²) in [6.45, 7) is 6.47. The number of hydrogen-bond donors (Lipinski definition) is 2. The van der Waals surface area contributed by atoms with Crippen LogP contribution in [0.5, 0.6) is 0 Å². The van der Waals surface area contributed by atoms with E-state index >= 15 is 0 Å². The van der Waals surface area contributed by atoms with E-state index < -0.39 is 5.54 Å². The third-order valence-electron chi connectivity index (χ3n) is 3.71. The maximum absolute atomic E-state index is 11.6.